The summed E-state index contributed by atoms with van der Waals surface area (Å²) in [5.41, 5.74) is 0.830. The molecule has 27 heavy (non-hydrogen) atoms. The summed E-state index contributed by atoms with van der Waals surface area (Å²) in [7, 11) is 0. The maximum absolute atomic E-state index is 11.8. The molecule has 2 heterocycles. The molecule has 0 spiro atoms. The lowest BCUT2D eigenvalue weighted by Gasteiger charge is -2.34. The summed E-state index contributed by atoms with van der Waals surface area (Å²) in [6, 6.07) is 8.23. The van der Waals surface area contributed by atoms with Gasteiger partial charge in [0, 0.05) is 38.1 Å². The fourth-order valence-electron chi connectivity index (χ4n) is 2.75. The number of amides is 1. The molecule has 1 fully saturated rings. The van der Waals surface area contributed by atoms with Crippen LogP contribution >= 0.6 is 0 Å². The molecule has 0 aliphatic carbocycles. The number of aromatic carboxylic acids is 1. The Hall–Kier alpha value is -3.36. The first-order chi connectivity index (χ1) is 13.1. The van der Waals surface area contributed by atoms with Crippen molar-refractivity contribution in [1.29, 1.82) is 0 Å². The van der Waals surface area contributed by atoms with Crippen molar-refractivity contribution in [2.45, 2.75) is 6.92 Å². The molecule has 2 aromatic rings. The number of benzene rings is 1. The Kier molecular flexibility index (Phi) is 5.70. The zero-order valence-electron chi connectivity index (χ0n) is 15.0. The number of ether oxygens (including phenoxy) is 1. The average Bonchev–Trinajstić information content (AvgIpc) is 2.69. The van der Waals surface area contributed by atoms with Crippen molar-refractivity contribution in [3.63, 3.8) is 0 Å². The molecular formula is C18H21N5O4. The monoisotopic (exact) mass is 371 g/mol. The molecule has 1 saturated heterocycles. The van der Waals surface area contributed by atoms with E-state index in [0.29, 0.717) is 50.2 Å². The first-order valence-electron chi connectivity index (χ1n) is 8.67. The minimum atomic E-state index is -0.985. The lowest BCUT2D eigenvalue weighted by Crippen LogP contribution is -2.49. The molecule has 0 unspecified atom stereocenters. The number of rotatable bonds is 5. The van der Waals surface area contributed by atoms with Crippen LogP contribution in [0, 0.1) is 0 Å². The largest absolute Gasteiger partial charge is 0.478 e. The van der Waals surface area contributed by atoms with E-state index < -0.39 is 5.97 Å². The van der Waals surface area contributed by atoms with Crippen molar-refractivity contribution in [1.82, 2.24) is 14.9 Å². The van der Waals surface area contributed by atoms with Crippen LogP contribution in [-0.4, -0.2) is 64.8 Å². The van der Waals surface area contributed by atoms with Gasteiger partial charge in [-0.1, -0.05) is 6.07 Å². The number of nitrogens with zero attached hydrogens (tertiary/aromatic N) is 4. The zero-order valence-corrected chi connectivity index (χ0v) is 15.0. The fourth-order valence-corrected chi connectivity index (χ4v) is 2.75. The maximum atomic E-state index is 11.8. The van der Waals surface area contributed by atoms with E-state index in [1.54, 1.807) is 42.3 Å². The van der Waals surface area contributed by atoms with Gasteiger partial charge in [-0.3, -0.25) is 0 Å². The zero-order chi connectivity index (χ0) is 19.2. The molecule has 9 heteroatoms. The Morgan fingerprint density at radius 3 is 2.70 bits per heavy atom. The summed E-state index contributed by atoms with van der Waals surface area (Å²) in [4.78, 5) is 35.3. The van der Waals surface area contributed by atoms with Gasteiger partial charge in [0.15, 0.2) is 0 Å². The normalized spacial score (nSPS) is 14.0. The topological polar surface area (TPSA) is 108 Å². The molecule has 1 amide bonds. The van der Waals surface area contributed by atoms with Gasteiger partial charge in [0.2, 0.25) is 5.95 Å². The summed E-state index contributed by atoms with van der Waals surface area (Å²) in [6.07, 6.45) is 1.34. The molecule has 1 aromatic heterocycles. The van der Waals surface area contributed by atoms with Crippen LogP contribution in [-0.2, 0) is 4.74 Å². The smallest absolute Gasteiger partial charge is 0.409 e. The third kappa shape index (κ3) is 4.63. The molecule has 0 bridgehead atoms. The van der Waals surface area contributed by atoms with Gasteiger partial charge in [-0.25, -0.2) is 14.6 Å². The van der Waals surface area contributed by atoms with Crippen molar-refractivity contribution in [3.05, 3.63) is 42.1 Å². The highest BCUT2D eigenvalue weighted by Gasteiger charge is 2.23. The third-order valence-electron chi connectivity index (χ3n) is 4.11. The number of piperazine rings is 1. The first kappa shape index (κ1) is 18.4. The van der Waals surface area contributed by atoms with E-state index in [1.807, 2.05) is 4.90 Å². The van der Waals surface area contributed by atoms with Gasteiger partial charge in [0.25, 0.3) is 0 Å². The number of carboxylic acid groups (broad SMARTS) is 1. The molecule has 1 aliphatic heterocycles. The van der Waals surface area contributed by atoms with Crippen LogP contribution in [0.25, 0.3) is 0 Å². The van der Waals surface area contributed by atoms with Crippen LogP contribution in [0.5, 0.6) is 0 Å². The quantitative estimate of drug-likeness (QED) is 0.823. The fraction of sp³-hybridized carbons (Fsp3) is 0.333. The SMILES string of the molecule is CCOC(=O)N1CCN(c2nccc(Nc3cccc(C(=O)O)c3)n2)CC1. The minimum Gasteiger partial charge on any atom is -0.478 e. The van der Waals surface area contributed by atoms with E-state index in [-0.39, 0.29) is 11.7 Å². The molecule has 0 saturated carbocycles. The van der Waals surface area contributed by atoms with Gasteiger partial charge in [-0.2, -0.15) is 4.98 Å². The summed E-state index contributed by atoms with van der Waals surface area (Å²) in [5.74, 6) is 0.134. The summed E-state index contributed by atoms with van der Waals surface area (Å²) in [6.45, 7) is 4.44. The second-order valence-electron chi connectivity index (χ2n) is 5.93. The van der Waals surface area contributed by atoms with Crippen LogP contribution in [0.3, 0.4) is 0 Å². The molecular weight excluding hydrogens is 350 g/mol. The molecule has 1 aromatic carbocycles. The molecule has 1 aliphatic rings. The molecule has 142 valence electrons. The van der Waals surface area contributed by atoms with Crippen LogP contribution in [0.15, 0.2) is 36.5 Å². The van der Waals surface area contributed by atoms with Gasteiger partial charge in [-0.15, -0.1) is 0 Å². The summed E-state index contributed by atoms with van der Waals surface area (Å²) in [5, 5.41) is 12.2. The van der Waals surface area contributed by atoms with Gasteiger partial charge < -0.3 is 25.0 Å². The van der Waals surface area contributed by atoms with Crippen molar-refractivity contribution in [3.8, 4) is 0 Å². The van der Waals surface area contributed by atoms with Gasteiger partial charge in [0.1, 0.15) is 5.82 Å². The highest BCUT2D eigenvalue weighted by molar-refractivity contribution is 5.89. The Morgan fingerprint density at radius 1 is 1.22 bits per heavy atom. The van der Waals surface area contributed by atoms with Crippen LogP contribution < -0.4 is 10.2 Å². The highest BCUT2D eigenvalue weighted by atomic mass is 16.6. The molecule has 0 radical (unpaired) electrons. The van der Waals surface area contributed by atoms with E-state index in [4.69, 9.17) is 9.84 Å². The third-order valence-corrected chi connectivity index (χ3v) is 4.11. The number of aromatic nitrogens is 2. The number of carbonyl (C=O) groups is 2. The second kappa shape index (κ2) is 8.35. The van der Waals surface area contributed by atoms with Gasteiger partial charge >= 0.3 is 12.1 Å². The number of nitrogens with one attached hydrogen (secondary N) is 1. The van der Waals surface area contributed by atoms with E-state index in [1.165, 1.54) is 6.07 Å². The van der Waals surface area contributed by atoms with Gasteiger partial charge in [0.05, 0.1) is 12.2 Å². The predicted molar refractivity (Wildman–Crippen MR) is 99.5 cm³/mol. The molecule has 9 nitrogen and oxygen atoms in total. The number of hydrogen-bond donors (Lipinski definition) is 2. The second-order valence-corrected chi connectivity index (χ2v) is 5.93. The van der Waals surface area contributed by atoms with E-state index >= 15 is 0 Å². The van der Waals surface area contributed by atoms with Crippen molar-refractivity contribution < 1.29 is 19.4 Å². The standard InChI is InChI=1S/C18H21N5O4/c1-2-27-18(26)23-10-8-22(9-11-23)17-19-7-6-15(21-17)20-14-5-3-4-13(12-14)16(24)25/h3-7,12H,2,8-11H2,1H3,(H,24,25)(H,19,20,21). The average molecular weight is 371 g/mol. The van der Waals surface area contributed by atoms with Crippen LogP contribution in [0.1, 0.15) is 17.3 Å². The summed E-state index contributed by atoms with van der Waals surface area (Å²) < 4.78 is 5.02. The Morgan fingerprint density at radius 2 is 2.00 bits per heavy atom. The van der Waals surface area contributed by atoms with E-state index in [9.17, 15) is 9.59 Å². The molecule has 0 atom stereocenters. The van der Waals surface area contributed by atoms with Gasteiger partial charge in [-0.05, 0) is 31.2 Å². The molecule has 3 rings (SSSR count). The number of hydrogen-bond acceptors (Lipinski definition) is 7. The van der Waals surface area contributed by atoms with E-state index in [0.717, 1.165) is 0 Å². The first-order valence-corrected chi connectivity index (χ1v) is 8.67. The highest BCUT2D eigenvalue weighted by Crippen LogP contribution is 2.19. The van der Waals surface area contributed by atoms with Crippen LogP contribution in [0.4, 0.5) is 22.2 Å². The van der Waals surface area contributed by atoms with Crippen LogP contribution in [0.2, 0.25) is 0 Å². The number of carbonyl (C=O) groups excluding carboxylic acids is 1. The maximum Gasteiger partial charge on any atom is 0.409 e. The predicted octanol–water partition coefficient (Wildman–Crippen LogP) is 2.20. The Balaban J connectivity index is 1.65. The number of carboxylic acids is 1. The Labute approximate surface area is 156 Å². The number of anilines is 3. The van der Waals surface area contributed by atoms with Crippen molar-refractivity contribution in [2.75, 3.05) is 43.0 Å². The van der Waals surface area contributed by atoms with E-state index in [2.05, 4.69) is 15.3 Å². The summed E-state index contributed by atoms with van der Waals surface area (Å²) >= 11 is 0. The minimum absolute atomic E-state index is 0.198. The van der Waals surface area contributed by atoms with Crippen molar-refractivity contribution in [2.24, 2.45) is 0 Å². The Bertz CT molecular complexity index is 821. The molecule has 2 N–H and O–H groups in total. The lowest BCUT2D eigenvalue weighted by atomic mass is 10.2. The lowest BCUT2D eigenvalue weighted by molar-refractivity contribution is 0.0696. The van der Waals surface area contributed by atoms with Crippen molar-refractivity contribution >= 4 is 29.5 Å².